The van der Waals surface area contributed by atoms with Gasteiger partial charge in [-0.05, 0) is 110 Å². The lowest BCUT2D eigenvalue weighted by atomic mass is 9.85. The van der Waals surface area contributed by atoms with Gasteiger partial charge in [0.2, 0.25) is 17.7 Å². The number of benzene rings is 4. The van der Waals surface area contributed by atoms with Crippen LogP contribution in [0.15, 0.2) is 102 Å². The van der Waals surface area contributed by atoms with Crippen molar-refractivity contribution in [2.45, 2.75) is 91.1 Å². The summed E-state index contributed by atoms with van der Waals surface area (Å²) in [7, 11) is 0. The van der Waals surface area contributed by atoms with E-state index in [9.17, 15) is 29.5 Å². The number of carbonyl (C=O) groups excluding carboxylic acids is 4. The van der Waals surface area contributed by atoms with Gasteiger partial charge in [0.05, 0.1) is 34.7 Å². The molecule has 4 aromatic carbocycles. The van der Waals surface area contributed by atoms with Crippen molar-refractivity contribution in [3.05, 3.63) is 119 Å². The van der Waals surface area contributed by atoms with Gasteiger partial charge in [-0.3, -0.25) is 24.1 Å². The number of nitrogens with one attached hydrogen (secondary N) is 2. The molecule has 17 heteroatoms. The van der Waals surface area contributed by atoms with Gasteiger partial charge >= 0.3 is 0 Å². The van der Waals surface area contributed by atoms with Crippen LogP contribution in [0.4, 0.5) is 11.4 Å². The molecular formula is C52H56ClN7O8S. The zero-order valence-corrected chi connectivity index (χ0v) is 41.0. The molecule has 0 bridgehead atoms. The molecule has 1 aromatic heterocycles. The van der Waals surface area contributed by atoms with Gasteiger partial charge in [-0.25, -0.2) is 4.98 Å². The molecule has 0 radical (unpaired) electrons. The fourth-order valence-corrected chi connectivity index (χ4v) is 9.12. The number of carbonyl (C=O) groups is 4. The van der Waals surface area contributed by atoms with E-state index in [4.69, 9.17) is 37.7 Å². The molecule has 2 fully saturated rings. The van der Waals surface area contributed by atoms with Gasteiger partial charge in [0.15, 0.2) is 17.3 Å². The van der Waals surface area contributed by atoms with Crippen LogP contribution < -0.4 is 25.2 Å². The van der Waals surface area contributed by atoms with Crippen LogP contribution in [-0.2, 0) is 30.5 Å². The number of likely N-dealkylation sites (tertiary alicyclic amines) is 1. The number of ether oxygens (including phenoxy) is 2. The average Bonchev–Trinajstić information content (AvgIpc) is 3.99. The Labute approximate surface area is 412 Å². The van der Waals surface area contributed by atoms with Crippen LogP contribution in [0, 0.1) is 23.7 Å². The molecule has 0 saturated carbocycles. The Bertz CT molecular complexity index is 2730. The van der Waals surface area contributed by atoms with Crippen LogP contribution in [0.25, 0.3) is 22.5 Å². The molecule has 360 valence electrons. The molecule has 2 aliphatic rings. The lowest BCUT2D eigenvalue weighted by Crippen LogP contribution is -2.58. The van der Waals surface area contributed by atoms with E-state index in [-0.39, 0.29) is 37.0 Å². The minimum absolute atomic E-state index is 0.0276. The van der Waals surface area contributed by atoms with Crippen molar-refractivity contribution in [3.63, 3.8) is 0 Å². The van der Waals surface area contributed by atoms with Crippen LogP contribution in [0.2, 0.25) is 5.02 Å². The van der Waals surface area contributed by atoms with Crippen molar-refractivity contribution < 1.29 is 38.2 Å². The van der Waals surface area contributed by atoms with Crippen LogP contribution in [0.1, 0.15) is 70.7 Å². The fraction of sp³-hybridized carbons (Fsp3) is 0.365. The lowest BCUT2D eigenvalue weighted by molar-refractivity contribution is -0.144. The number of aromatic nitrogens is 1. The quantitative estimate of drug-likeness (QED) is 0.0608. The number of hydrogen-bond acceptors (Lipinski definition) is 11. The summed E-state index contributed by atoms with van der Waals surface area (Å²) in [6, 6.07) is 28.0. The predicted molar refractivity (Wildman–Crippen MR) is 266 cm³/mol. The highest BCUT2D eigenvalue weighted by molar-refractivity contribution is 7.81. The first kappa shape index (κ1) is 50.2. The van der Waals surface area contributed by atoms with E-state index in [1.54, 1.807) is 18.2 Å². The van der Waals surface area contributed by atoms with Crippen molar-refractivity contribution >= 4 is 63.9 Å². The van der Waals surface area contributed by atoms with E-state index in [1.165, 1.54) is 16.2 Å². The molecule has 3 atom stereocenters. The van der Waals surface area contributed by atoms with Gasteiger partial charge in [0, 0.05) is 37.4 Å². The second kappa shape index (κ2) is 21.3. The van der Waals surface area contributed by atoms with Gasteiger partial charge in [-0.1, -0.05) is 80.9 Å². The van der Waals surface area contributed by atoms with Crippen molar-refractivity contribution in [2.75, 3.05) is 36.2 Å². The standard InChI is InChI=1S/C52H56ClN7O8S/c1-32-45(68-31-56-32)36-11-9-33(10-12-36)28-55-47(63)43-26-40(61)29-58(43)48(64)46(51(2,3)4)57-44(62)30-66-23-7-8-24-67-41-21-16-35(17-22-41)34-13-18-38(19-14-34)60-50(69)59(49(65)52(60,5)6)39-20-15-37(27-54)42(53)25-39/h9-22,25,31,40,43,46,61H,7-8,23-24,26,28-30H2,1-6H3,(H,55,63)(H,57,62)/t40-,43+,46?/m1/s1. The molecule has 7 rings (SSSR count). The van der Waals surface area contributed by atoms with E-state index in [2.05, 4.69) is 15.6 Å². The lowest BCUT2D eigenvalue weighted by Gasteiger charge is -2.35. The number of nitriles is 1. The third kappa shape index (κ3) is 11.5. The maximum absolute atomic E-state index is 14.0. The summed E-state index contributed by atoms with van der Waals surface area (Å²) >= 11 is 12.1. The Morgan fingerprint density at radius 2 is 1.61 bits per heavy atom. The van der Waals surface area contributed by atoms with Crippen LogP contribution in [-0.4, -0.2) is 93.8 Å². The molecule has 0 aliphatic carbocycles. The number of unbranched alkanes of at least 4 members (excludes halogenated alkanes) is 1. The Balaban J connectivity index is 0.831. The monoisotopic (exact) mass is 973 g/mol. The molecule has 2 aliphatic heterocycles. The maximum atomic E-state index is 14.0. The molecule has 0 spiro atoms. The molecule has 2 saturated heterocycles. The average molecular weight is 975 g/mol. The number of aliphatic hydroxyl groups is 1. The molecule has 4 amide bonds. The van der Waals surface area contributed by atoms with Gasteiger partial charge in [0.1, 0.15) is 36.0 Å². The van der Waals surface area contributed by atoms with E-state index in [1.807, 2.05) is 125 Å². The Hall–Kier alpha value is -6.64. The predicted octanol–water partition coefficient (Wildman–Crippen LogP) is 7.74. The van der Waals surface area contributed by atoms with Gasteiger partial charge in [-0.2, -0.15) is 5.26 Å². The van der Waals surface area contributed by atoms with Crippen molar-refractivity contribution in [2.24, 2.45) is 5.41 Å². The minimum atomic E-state index is -0.972. The number of rotatable bonds is 17. The molecule has 5 aromatic rings. The highest BCUT2D eigenvalue weighted by Gasteiger charge is 2.50. The Morgan fingerprint density at radius 3 is 2.23 bits per heavy atom. The molecule has 3 heterocycles. The first-order valence-electron chi connectivity index (χ1n) is 22.7. The normalized spacial score (nSPS) is 17.2. The summed E-state index contributed by atoms with van der Waals surface area (Å²) in [5.74, 6) is -0.136. The summed E-state index contributed by atoms with van der Waals surface area (Å²) in [6.07, 6.45) is 1.90. The summed E-state index contributed by atoms with van der Waals surface area (Å²) in [5, 5.41) is 26.1. The van der Waals surface area contributed by atoms with Crippen molar-refractivity contribution in [3.8, 4) is 34.3 Å². The smallest absolute Gasteiger partial charge is 0.259 e. The summed E-state index contributed by atoms with van der Waals surface area (Å²) in [5.41, 5.74) is 4.30. The molecular weight excluding hydrogens is 918 g/mol. The highest BCUT2D eigenvalue weighted by atomic mass is 35.5. The number of hydrogen-bond donors (Lipinski definition) is 3. The topological polar surface area (TPSA) is 191 Å². The fourth-order valence-electron chi connectivity index (χ4n) is 8.38. The number of halogens is 1. The molecule has 15 nitrogen and oxygen atoms in total. The maximum Gasteiger partial charge on any atom is 0.259 e. The summed E-state index contributed by atoms with van der Waals surface area (Å²) in [4.78, 5) is 62.9. The zero-order chi connectivity index (χ0) is 49.6. The number of thiocarbonyl (C=S) groups is 1. The highest BCUT2D eigenvalue weighted by Crippen LogP contribution is 2.38. The Morgan fingerprint density at radius 1 is 0.971 bits per heavy atom. The van der Waals surface area contributed by atoms with E-state index in [0.717, 1.165) is 33.6 Å². The van der Waals surface area contributed by atoms with Gasteiger partial charge < -0.3 is 39.4 Å². The summed E-state index contributed by atoms with van der Waals surface area (Å²) in [6.45, 7) is 11.7. The molecule has 1 unspecified atom stereocenters. The van der Waals surface area contributed by atoms with E-state index >= 15 is 0 Å². The van der Waals surface area contributed by atoms with Crippen molar-refractivity contribution in [1.29, 1.82) is 5.26 Å². The zero-order valence-electron chi connectivity index (χ0n) is 39.5. The van der Waals surface area contributed by atoms with Crippen LogP contribution >= 0.6 is 23.8 Å². The van der Waals surface area contributed by atoms with Crippen LogP contribution in [0.3, 0.4) is 0 Å². The van der Waals surface area contributed by atoms with Crippen LogP contribution in [0.5, 0.6) is 5.75 Å². The largest absolute Gasteiger partial charge is 0.494 e. The third-order valence-electron chi connectivity index (χ3n) is 12.2. The number of oxazole rings is 1. The van der Waals surface area contributed by atoms with Gasteiger partial charge in [-0.15, -0.1) is 0 Å². The first-order valence-corrected chi connectivity index (χ1v) is 23.5. The number of anilines is 2. The SMILES string of the molecule is Cc1ncoc1-c1ccc(CNC(=O)[C@@H]2C[C@@H](O)CN2C(=O)C(NC(=O)COCCCCOc2ccc(-c3ccc(N4C(=S)N(c5ccc(C#N)c(Cl)c5)C(=O)C4(C)C)cc3)cc2)C(C)(C)C)cc1. The van der Waals surface area contributed by atoms with Gasteiger partial charge in [0.25, 0.3) is 5.91 Å². The van der Waals surface area contributed by atoms with Crippen molar-refractivity contribution in [1.82, 2.24) is 20.5 Å². The number of amides is 4. The minimum Gasteiger partial charge on any atom is -0.494 e. The van der Waals surface area contributed by atoms with E-state index < -0.39 is 46.9 Å². The molecule has 3 N–H and O–H groups in total. The second-order valence-corrected chi connectivity index (χ2v) is 19.5. The summed E-state index contributed by atoms with van der Waals surface area (Å²) < 4.78 is 17.1. The third-order valence-corrected chi connectivity index (χ3v) is 12.9. The number of β-amino-alcohol motifs (C(OH)–C–C–N with tert-alkyl or cyclic N) is 1. The number of aliphatic hydroxyl groups excluding tert-OH is 1. The second-order valence-electron chi connectivity index (χ2n) is 18.7. The number of nitrogens with zero attached hydrogens (tertiary/aromatic N) is 5. The first-order chi connectivity index (χ1) is 32.9. The number of aryl methyl sites for hydroxylation is 1. The van der Waals surface area contributed by atoms with E-state index in [0.29, 0.717) is 53.9 Å². The Kier molecular flexibility index (Phi) is 15.5. The molecule has 69 heavy (non-hydrogen) atoms.